The number of hydrogen-bond donors (Lipinski definition) is 1. The minimum Gasteiger partial charge on any atom is -0.478 e. The molecule has 2 aromatic rings. The molecule has 18 heavy (non-hydrogen) atoms. The largest absolute Gasteiger partial charge is 0.478 e. The highest BCUT2D eigenvalue weighted by molar-refractivity contribution is 6.30. The summed E-state index contributed by atoms with van der Waals surface area (Å²) in [5.41, 5.74) is 2.14. The van der Waals surface area contributed by atoms with Crippen LogP contribution < -0.4 is 10.1 Å². The fourth-order valence-electron chi connectivity index (χ4n) is 1.52. The predicted octanol–water partition coefficient (Wildman–Crippen LogP) is 3.75. The van der Waals surface area contributed by atoms with Crippen LogP contribution in [-0.4, -0.2) is 11.6 Å². The van der Waals surface area contributed by atoms with Crippen molar-refractivity contribution in [3.8, 4) is 5.88 Å². The molecule has 0 bridgehead atoms. The zero-order valence-corrected chi connectivity index (χ0v) is 10.9. The molecule has 1 heterocycles. The predicted molar refractivity (Wildman–Crippen MR) is 74.2 cm³/mol. The molecule has 0 saturated heterocycles. The van der Waals surface area contributed by atoms with Crippen LogP contribution in [-0.2, 0) is 6.54 Å². The molecule has 1 N–H and O–H groups in total. The molecular weight excluding hydrogens is 248 g/mol. The van der Waals surface area contributed by atoms with E-state index in [-0.39, 0.29) is 0 Å². The second-order valence-electron chi connectivity index (χ2n) is 3.80. The van der Waals surface area contributed by atoms with Gasteiger partial charge in [-0.3, -0.25) is 0 Å². The molecule has 1 aromatic carbocycles. The van der Waals surface area contributed by atoms with E-state index in [1.165, 1.54) is 5.56 Å². The third-order valence-corrected chi connectivity index (χ3v) is 2.69. The van der Waals surface area contributed by atoms with E-state index in [0.717, 1.165) is 17.3 Å². The Morgan fingerprint density at radius 1 is 1.17 bits per heavy atom. The molecule has 0 radical (unpaired) electrons. The summed E-state index contributed by atoms with van der Waals surface area (Å²) in [6.07, 6.45) is 1.76. The molecule has 0 amide bonds. The number of aromatic nitrogens is 1. The molecule has 2 rings (SSSR count). The van der Waals surface area contributed by atoms with Gasteiger partial charge in [-0.1, -0.05) is 23.7 Å². The monoisotopic (exact) mass is 262 g/mol. The molecule has 94 valence electrons. The van der Waals surface area contributed by atoms with Gasteiger partial charge in [0, 0.05) is 17.6 Å². The topological polar surface area (TPSA) is 34.1 Å². The highest BCUT2D eigenvalue weighted by Crippen LogP contribution is 2.14. The minimum atomic E-state index is 0.630. The third kappa shape index (κ3) is 3.64. The van der Waals surface area contributed by atoms with Crippen molar-refractivity contribution < 1.29 is 4.74 Å². The lowest BCUT2D eigenvalue weighted by Crippen LogP contribution is -2.00. The van der Waals surface area contributed by atoms with Gasteiger partial charge in [0.1, 0.15) is 0 Å². The first-order valence-corrected chi connectivity index (χ1v) is 6.23. The standard InChI is InChI=1S/C14H15ClN2O/c1-2-18-14-8-7-13(10-17-14)16-9-11-3-5-12(15)6-4-11/h3-8,10,16H,2,9H2,1H3. The number of anilines is 1. The van der Waals surface area contributed by atoms with Crippen LogP contribution in [0.25, 0.3) is 0 Å². The van der Waals surface area contributed by atoms with E-state index in [2.05, 4.69) is 10.3 Å². The molecule has 0 aliphatic carbocycles. The van der Waals surface area contributed by atoms with Crippen molar-refractivity contribution in [3.63, 3.8) is 0 Å². The Labute approximate surface area is 112 Å². The fraction of sp³-hybridized carbons (Fsp3) is 0.214. The van der Waals surface area contributed by atoms with Gasteiger partial charge in [-0.15, -0.1) is 0 Å². The van der Waals surface area contributed by atoms with Gasteiger partial charge in [0.05, 0.1) is 18.5 Å². The summed E-state index contributed by atoms with van der Waals surface area (Å²) in [7, 11) is 0. The van der Waals surface area contributed by atoms with E-state index in [0.29, 0.717) is 12.5 Å². The van der Waals surface area contributed by atoms with Crippen molar-refractivity contribution in [3.05, 3.63) is 53.2 Å². The van der Waals surface area contributed by atoms with Crippen LogP contribution in [0.3, 0.4) is 0 Å². The van der Waals surface area contributed by atoms with Crippen LogP contribution in [0.15, 0.2) is 42.6 Å². The first-order valence-electron chi connectivity index (χ1n) is 5.85. The van der Waals surface area contributed by atoms with Crippen molar-refractivity contribution >= 4 is 17.3 Å². The van der Waals surface area contributed by atoms with Crippen molar-refractivity contribution in [2.24, 2.45) is 0 Å². The minimum absolute atomic E-state index is 0.630. The highest BCUT2D eigenvalue weighted by Gasteiger charge is 1.97. The Balaban J connectivity index is 1.91. The van der Waals surface area contributed by atoms with Crippen LogP contribution in [0.2, 0.25) is 5.02 Å². The van der Waals surface area contributed by atoms with E-state index in [4.69, 9.17) is 16.3 Å². The summed E-state index contributed by atoms with van der Waals surface area (Å²) >= 11 is 5.83. The zero-order chi connectivity index (χ0) is 12.8. The molecule has 0 spiro atoms. The first-order chi connectivity index (χ1) is 8.78. The number of pyridine rings is 1. The van der Waals surface area contributed by atoms with Crippen LogP contribution in [0.5, 0.6) is 5.88 Å². The van der Waals surface area contributed by atoms with E-state index < -0.39 is 0 Å². The Bertz CT molecular complexity index is 482. The van der Waals surface area contributed by atoms with Gasteiger partial charge in [0.25, 0.3) is 0 Å². The Morgan fingerprint density at radius 3 is 2.56 bits per heavy atom. The smallest absolute Gasteiger partial charge is 0.213 e. The maximum Gasteiger partial charge on any atom is 0.213 e. The number of rotatable bonds is 5. The SMILES string of the molecule is CCOc1ccc(NCc2ccc(Cl)cc2)cn1. The van der Waals surface area contributed by atoms with E-state index >= 15 is 0 Å². The van der Waals surface area contributed by atoms with Crippen LogP contribution >= 0.6 is 11.6 Å². The fourth-order valence-corrected chi connectivity index (χ4v) is 1.65. The number of hydrogen-bond acceptors (Lipinski definition) is 3. The summed E-state index contributed by atoms with van der Waals surface area (Å²) in [6.45, 7) is 3.31. The maximum absolute atomic E-state index is 5.83. The van der Waals surface area contributed by atoms with E-state index in [1.54, 1.807) is 6.20 Å². The molecule has 0 unspecified atom stereocenters. The molecule has 0 atom stereocenters. The lowest BCUT2D eigenvalue weighted by atomic mass is 10.2. The lowest BCUT2D eigenvalue weighted by Gasteiger charge is -2.07. The number of nitrogens with one attached hydrogen (secondary N) is 1. The third-order valence-electron chi connectivity index (χ3n) is 2.44. The highest BCUT2D eigenvalue weighted by atomic mass is 35.5. The van der Waals surface area contributed by atoms with Gasteiger partial charge < -0.3 is 10.1 Å². The normalized spacial score (nSPS) is 10.1. The molecule has 3 nitrogen and oxygen atoms in total. The van der Waals surface area contributed by atoms with Gasteiger partial charge >= 0.3 is 0 Å². The average Bonchev–Trinajstić information content (AvgIpc) is 2.40. The summed E-state index contributed by atoms with van der Waals surface area (Å²) in [4.78, 5) is 4.19. The Morgan fingerprint density at radius 2 is 1.94 bits per heavy atom. The molecule has 0 aliphatic heterocycles. The summed E-state index contributed by atoms with van der Waals surface area (Å²) in [5.74, 6) is 0.648. The van der Waals surface area contributed by atoms with Gasteiger partial charge in [0.15, 0.2) is 0 Å². The number of halogens is 1. The quantitative estimate of drug-likeness (QED) is 0.891. The van der Waals surface area contributed by atoms with E-state index in [1.807, 2.05) is 43.3 Å². The molecular formula is C14H15ClN2O. The summed E-state index contributed by atoms with van der Waals surface area (Å²) in [5, 5.41) is 4.04. The van der Waals surface area contributed by atoms with Crippen molar-refractivity contribution in [1.29, 1.82) is 0 Å². The maximum atomic E-state index is 5.83. The summed E-state index contributed by atoms with van der Waals surface area (Å²) in [6, 6.07) is 11.6. The number of nitrogens with zero attached hydrogens (tertiary/aromatic N) is 1. The summed E-state index contributed by atoms with van der Waals surface area (Å²) < 4.78 is 5.28. The van der Waals surface area contributed by atoms with Gasteiger partial charge in [-0.2, -0.15) is 0 Å². The molecule has 4 heteroatoms. The first kappa shape index (κ1) is 12.7. The van der Waals surface area contributed by atoms with Crippen molar-refractivity contribution in [1.82, 2.24) is 4.98 Å². The average molecular weight is 263 g/mol. The van der Waals surface area contributed by atoms with Crippen LogP contribution in [0, 0.1) is 0 Å². The van der Waals surface area contributed by atoms with E-state index in [9.17, 15) is 0 Å². The van der Waals surface area contributed by atoms with Crippen molar-refractivity contribution in [2.75, 3.05) is 11.9 Å². The molecule has 0 fully saturated rings. The van der Waals surface area contributed by atoms with Crippen molar-refractivity contribution in [2.45, 2.75) is 13.5 Å². The number of ether oxygens (including phenoxy) is 1. The number of benzene rings is 1. The Kier molecular flexibility index (Phi) is 4.42. The zero-order valence-electron chi connectivity index (χ0n) is 10.2. The van der Waals surface area contributed by atoms with Gasteiger partial charge in [-0.05, 0) is 30.7 Å². The second kappa shape index (κ2) is 6.26. The second-order valence-corrected chi connectivity index (χ2v) is 4.23. The van der Waals surface area contributed by atoms with Crippen LogP contribution in [0.1, 0.15) is 12.5 Å². The molecule has 0 saturated carbocycles. The molecule has 0 aliphatic rings. The Hall–Kier alpha value is -1.74. The van der Waals surface area contributed by atoms with Gasteiger partial charge in [0.2, 0.25) is 5.88 Å². The lowest BCUT2D eigenvalue weighted by molar-refractivity contribution is 0.327. The van der Waals surface area contributed by atoms with Gasteiger partial charge in [-0.25, -0.2) is 4.98 Å². The van der Waals surface area contributed by atoms with Crippen LogP contribution in [0.4, 0.5) is 5.69 Å². The molecule has 1 aromatic heterocycles.